The smallest absolute Gasteiger partial charge is 0.303 e. The van der Waals surface area contributed by atoms with Gasteiger partial charge in [0.15, 0.2) is 11.5 Å². The number of phenolic OH excluding ortho intramolecular Hbond substituents is 1. The molecule has 240 valence electrons. The Hall–Kier alpha value is -4.32. The van der Waals surface area contributed by atoms with E-state index in [4.69, 9.17) is 30.9 Å². The molecule has 3 aromatic carbocycles. The van der Waals surface area contributed by atoms with Crippen molar-refractivity contribution < 1.29 is 43.9 Å². The van der Waals surface area contributed by atoms with E-state index in [1.807, 2.05) is 13.8 Å². The maximum Gasteiger partial charge on any atom is 0.303 e. The Kier molecular flexibility index (Phi) is 10.6. The normalized spacial score (nSPS) is 16.5. The molecule has 4 rings (SSSR count). The van der Waals surface area contributed by atoms with Crippen molar-refractivity contribution >= 4 is 40.8 Å². The van der Waals surface area contributed by atoms with Crippen LogP contribution < -0.4 is 19.7 Å². The molecule has 45 heavy (non-hydrogen) atoms. The fraction of sp³-hybridized carbons (Fsp3) is 0.364. The molecule has 2 atom stereocenters. The summed E-state index contributed by atoms with van der Waals surface area (Å²) in [6.45, 7) is 3.52. The van der Waals surface area contributed by atoms with Crippen LogP contribution in [0.25, 0.3) is 0 Å². The molecule has 1 heterocycles. The van der Waals surface area contributed by atoms with Gasteiger partial charge >= 0.3 is 5.97 Å². The van der Waals surface area contributed by atoms with Gasteiger partial charge in [-0.25, -0.2) is 0 Å². The summed E-state index contributed by atoms with van der Waals surface area (Å²) in [4.78, 5) is 40.2. The highest BCUT2D eigenvalue weighted by atomic mass is 35.5. The summed E-state index contributed by atoms with van der Waals surface area (Å²) in [5.74, 6) is -1.53. The summed E-state index contributed by atoms with van der Waals surface area (Å²) in [5, 5.41) is 32.5. The predicted octanol–water partition coefficient (Wildman–Crippen LogP) is 4.95. The predicted molar refractivity (Wildman–Crippen MR) is 168 cm³/mol. The summed E-state index contributed by atoms with van der Waals surface area (Å²) in [7, 11) is 2.99. The number of aromatic hydroxyl groups is 1. The zero-order valence-corrected chi connectivity index (χ0v) is 26.3. The molecule has 0 spiro atoms. The number of carboxylic acid groups (broad SMARTS) is 1. The second-order valence-electron chi connectivity index (χ2n) is 11.5. The minimum atomic E-state index is -1.32. The lowest BCUT2D eigenvalue weighted by atomic mass is 9.92. The standard InChI is InChI=1S/C33H37ClN2O9/c1-33(2,18-37)17-36-24-11-10-20(34)15-22(24)30(21-6-5-7-26(43-3)31(21)44-4)45-27(32(36)42)16-28(39)35-23-14-19(8-12-25(23)38)9-13-29(40)41/h5-8,10-12,14-15,27,30,37-38H,9,13,16-18H2,1-4H3,(H,35,39)(H,40,41)/t27-,30-/m1/s1. The van der Waals surface area contributed by atoms with Crippen LogP contribution in [0.1, 0.15) is 49.5 Å². The molecule has 0 saturated carbocycles. The molecule has 0 unspecified atom stereocenters. The summed E-state index contributed by atoms with van der Waals surface area (Å²) >= 11 is 6.46. The first-order chi connectivity index (χ1) is 21.4. The minimum Gasteiger partial charge on any atom is -0.506 e. The van der Waals surface area contributed by atoms with Crippen LogP contribution in [-0.4, -0.2) is 66.6 Å². The van der Waals surface area contributed by atoms with E-state index in [-0.39, 0.29) is 37.4 Å². The van der Waals surface area contributed by atoms with Crippen LogP contribution in [0, 0.1) is 5.41 Å². The van der Waals surface area contributed by atoms with Gasteiger partial charge in [-0.2, -0.15) is 0 Å². The Bertz CT molecular complexity index is 1580. The number of hydrogen-bond acceptors (Lipinski definition) is 8. The summed E-state index contributed by atoms with van der Waals surface area (Å²) < 4.78 is 17.7. The molecule has 1 aliphatic heterocycles. The largest absolute Gasteiger partial charge is 0.506 e. The van der Waals surface area contributed by atoms with Crippen LogP contribution in [0.15, 0.2) is 54.6 Å². The number of nitrogens with one attached hydrogen (secondary N) is 1. The summed E-state index contributed by atoms with van der Waals surface area (Å²) in [6.07, 6.45) is -2.60. The second kappa shape index (κ2) is 14.2. The first-order valence-electron chi connectivity index (χ1n) is 14.3. The number of benzene rings is 3. The van der Waals surface area contributed by atoms with Crippen LogP contribution in [-0.2, 0) is 25.5 Å². The van der Waals surface area contributed by atoms with Crippen LogP contribution in [0.3, 0.4) is 0 Å². The maximum atomic E-state index is 14.2. The molecule has 0 aliphatic carbocycles. The molecule has 11 nitrogen and oxygen atoms in total. The third-order valence-corrected chi connectivity index (χ3v) is 7.70. The van der Waals surface area contributed by atoms with E-state index in [0.29, 0.717) is 38.9 Å². The van der Waals surface area contributed by atoms with Gasteiger partial charge in [0.1, 0.15) is 18.0 Å². The van der Waals surface area contributed by atoms with E-state index in [0.717, 1.165) is 0 Å². The fourth-order valence-electron chi connectivity index (χ4n) is 5.17. The Morgan fingerprint density at radius 3 is 2.49 bits per heavy atom. The van der Waals surface area contributed by atoms with Crippen LogP contribution in [0.5, 0.6) is 17.2 Å². The molecular weight excluding hydrogens is 604 g/mol. The van der Waals surface area contributed by atoms with Crippen molar-refractivity contribution in [3.8, 4) is 17.2 Å². The van der Waals surface area contributed by atoms with Crippen molar-refractivity contribution in [2.45, 2.75) is 45.3 Å². The van der Waals surface area contributed by atoms with Crippen molar-refractivity contribution in [1.82, 2.24) is 0 Å². The number of fused-ring (bicyclic) bond motifs is 1. The van der Waals surface area contributed by atoms with E-state index in [2.05, 4.69) is 5.32 Å². The first kappa shape index (κ1) is 33.6. The van der Waals surface area contributed by atoms with E-state index in [1.165, 1.54) is 31.3 Å². The number of carbonyl (C=O) groups excluding carboxylic acids is 2. The van der Waals surface area contributed by atoms with Gasteiger partial charge < -0.3 is 39.7 Å². The lowest BCUT2D eigenvalue weighted by molar-refractivity contribution is -0.137. The van der Waals surface area contributed by atoms with Crippen molar-refractivity contribution in [3.05, 3.63) is 76.3 Å². The molecule has 0 saturated heterocycles. The van der Waals surface area contributed by atoms with E-state index >= 15 is 0 Å². The van der Waals surface area contributed by atoms with Gasteiger partial charge in [0.05, 0.1) is 26.3 Å². The number of methoxy groups -OCH3 is 2. The summed E-state index contributed by atoms with van der Waals surface area (Å²) in [6, 6.07) is 14.7. The number of carbonyl (C=O) groups is 3. The average Bonchev–Trinajstić information content (AvgIpc) is 3.11. The number of para-hydroxylation sites is 1. The minimum absolute atomic E-state index is 0.0725. The number of aliphatic hydroxyl groups excluding tert-OH is 1. The molecule has 12 heteroatoms. The number of aryl methyl sites for hydroxylation is 1. The number of halogens is 1. The van der Waals surface area contributed by atoms with Crippen molar-refractivity contribution in [2.24, 2.45) is 5.41 Å². The SMILES string of the molecule is COc1cccc([C@H]2O[C@H](CC(=O)Nc3cc(CCC(=O)O)ccc3O)C(=O)N(CC(C)(C)CO)c3ccc(Cl)cc32)c1OC. The highest BCUT2D eigenvalue weighted by molar-refractivity contribution is 6.30. The third kappa shape index (κ3) is 7.86. The van der Waals surface area contributed by atoms with Gasteiger partial charge in [-0.15, -0.1) is 0 Å². The number of rotatable bonds is 12. The number of carboxylic acids is 1. The van der Waals surface area contributed by atoms with Gasteiger partial charge in [0, 0.05) is 46.8 Å². The highest BCUT2D eigenvalue weighted by Gasteiger charge is 2.40. The molecule has 2 amide bonds. The fourth-order valence-corrected chi connectivity index (χ4v) is 5.35. The zero-order valence-electron chi connectivity index (χ0n) is 25.5. The van der Waals surface area contributed by atoms with E-state index in [9.17, 15) is 24.6 Å². The van der Waals surface area contributed by atoms with Gasteiger partial charge in [0.25, 0.3) is 5.91 Å². The zero-order chi connectivity index (χ0) is 32.9. The van der Waals surface area contributed by atoms with Crippen molar-refractivity contribution in [1.29, 1.82) is 0 Å². The highest BCUT2D eigenvalue weighted by Crippen LogP contribution is 2.45. The monoisotopic (exact) mass is 640 g/mol. The molecule has 4 N–H and O–H groups in total. The lowest BCUT2D eigenvalue weighted by Crippen LogP contribution is -2.46. The van der Waals surface area contributed by atoms with Gasteiger partial charge in [-0.3, -0.25) is 14.4 Å². The number of hydrogen-bond donors (Lipinski definition) is 4. The third-order valence-electron chi connectivity index (χ3n) is 7.47. The van der Waals surface area contributed by atoms with Gasteiger partial charge in [-0.05, 0) is 48.4 Å². The van der Waals surface area contributed by atoms with E-state index in [1.54, 1.807) is 42.5 Å². The molecule has 0 fully saturated rings. The maximum absolute atomic E-state index is 14.2. The van der Waals surface area contributed by atoms with Gasteiger partial charge in [0.2, 0.25) is 5.91 Å². The molecule has 0 bridgehead atoms. The number of ether oxygens (including phenoxy) is 3. The Morgan fingerprint density at radius 2 is 1.82 bits per heavy atom. The molecule has 0 radical (unpaired) electrons. The number of anilines is 2. The lowest BCUT2D eigenvalue weighted by Gasteiger charge is -2.32. The van der Waals surface area contributed by atoms with Crippen molar-refractivity contribution in [3.63, 3.8) is 0 Å². The number of aliphatic carboxylic acids is 1. The number of aliphatic hydroxyl groups is 1. The topological polar surface area (TPSA) is 155 Å². The summed E-state index contributed by atoms with van der Waals surface area (Å²) in [5.41, 5.74) is 1.53. The number of nitrogens with zero attached hydrogens (tertiary/aromatic N) is 1. The molecule has 1 aliphatic rings. The number of phenols is 1. The first-order valence-corrected chi connectivity index (χ1v) is 14.7. The molecule has 3 aromatic rings. The Morgan fingerprint density at radius 1 is 1.07 bits per heavy atom. The van der Waals surface area contributed by atoms with Gasteiger partial charge in [-0.1, -0.05) is 43.6 Å². The molecular formula is C33H37ClN2O9. The Balaban J connectivity index is 1.77. The van der Waals surface area contributed by atoms with Crippen molar-refractivity contribution in [2.75, 3.05) is 37.6 Å². The van der Waals surface area contributed by atoms with Crippen LogP contribution >= 0.6 is 11.6 Å². The average molecular weight is 641 g/mol. The van der Waals surface area contributed by atoms with Crippen LogP contribution in [0.2, 0.25) is 5.02 Å². The molecule has 0 aromatic heterocycles. The van der Waals surface area contributed by atoms with Crippen LogP contribution in [0.4, 0.5) is 11.4 Å². The quantitative estimate of drug-likeness (QED) is 0.201. The van der Waals surface area contributed by atoms with E-state index < -0.39 is 41.8 Å². The second-order valence-corrected chi connectivity index (χ2v) is 12.0. The Labute approximate surface area is 266 Å². The number of amides is 2.